The summed E-state index contributed by atoms with van der Waals surface area (Å²) in [6.07, 6.45) is 2.95. The molecule has 0 spiro atoms. The molecule has 1 aliphatic rings. The third-order valence-corrected chi connectivity index (χ3v) is 5.56. The summed E-state index contributed by atoms with van der Waals surface area (Å²) >= 11 is 6.24. The van der Waals surface area contributed by atoms with Gasteiger partial charge in [0.15, 0.2) is 11.5 Å². The van der Waals surface area contributed by atoms with Gasteiger partial charge in [-0.15, -0.1) is 0 Å². The largest absolute Gasteiger partial charge is 0.493 e. The molecule has 33 heavy (non-hydrogen) atoms. The van der Waals surface area contributed by atoms with Gasteiger partial charge >= 0.3 is 5.97 Å². The molecule has 2 aromatic carbocycles. The van der Waals surface area contributed by atoms with E-state index in [1.165, 1.54) is 12.4 Å². The Labute approximate surface area is 196 Å². The lowest BCUT2D eigenvalue weighted by Crippen LogP contribution is -2.29. The molecular formula is C24H23ClN4O4. The second-order valence-electron chi connectivity index (χ2n) is 7.27. The summed E-state index contributed by atoms with van der Waals surface area (Å²) in [5, 5.41) is 8.05. The van der Waals surface area contributed by atoms with Crippen LogP contribution in [0.5, 0.6) is 11.5 Å². The van der Waals surface area contributed by atoms with Gasteiger partial charge in [-0.3, -0.25) is 0 Å². The molecule has 4 rings (SSSR count). The second-order valence-corrected chi connectivity index (χ2v) is 7.68. The fourth-order valence-electron chi connectivity index (χ4n) is 3.62. The minimum absolute atomic E-state index is 0.102. The first kappa shape index (κ1) is 22.4. The first-order valence-electron chi connectivity index (χ1n) is 10.2. The molecule has 1 aliphatic heterocycles. The number of halogens is 1. The molecule has 0 amide bonds. The highest BCUT2D eigenvalue weighted by molar-refractivity contribution is 6.31. The summed E-state index contributed by atoms with van der Waals surface area (Å²) in [5.41, 5.74) is 2.67. The van der Waals surface area contributed by atoms with E-state index in [1.54, 1.807) is 24.8 Å². The van der Waals surface area contributed by atoms with E-state index in [4.69, 9.17) is 25.8 Å². The number of anilines is 1. The maximum atomic E-state index is 12.9. The van der Waals surface area contributed by atoms with Crippen molar-refractivity contribution >= 4 is 23.5 Å². The molecule has 0 saturated heterocycles. The normalized spacial score (nSPS) is 14.8. The van der Waals surface area contributed by atoms with Crippen LogP contribution in [-0.2, 0) is 16.1 Å². The monoisotopic (exact) mass is 466 g/mol. The van der Waals surface area contributed by atoms with Gasteiger partial charge < -0.3 is 19.5 Å². The van der Waals surface area contributed by atoms with Gasteiger partial charge in [-0.25, -0.2) is 9.48 Å². The number of methoxy groups -OCH3 is 1. The fraction of sp³-hybridized carbons (Fsp3) is 0.208. The van der Waals surface area contributed by atoms with E-state index in [0.29, 0.717) is 33.7 Å². The molecule has 2 heterocycles. The number of benzene rings is 2. The van der Waals surface area contributed by atoms with Crippen LogP contribution in [-0.4, -0.2) is 34.5 Å². The van der Waals surface area contributed by atoms with Gasteiger partial charge in [-0.05, 0) is 30.7 Å². The van der Waals surface area contributed by atoms with E-state index in [2.05, 4.69) is 22.0 Å². The SMILES string of the molecule is C=CCOC(=O)C1=C(C)Nc2ncnn2C1c1ccc(OCc2ccccc2Cl)c(OC)c1. The minimum atomic E-state index is -0.562. The maximum absolute atomic E-state index is 12.9. The van der Waals surface area contributed by atoms with Crippen molar-refractivity contribution in [1.82, 2.24) is 14.8 Å². The van der Waals surface area contributed by atoms with Crippen molar-refractivity contribution in [2.45, 2.75) is 19.6 Å². The Hall–Kier alpha value is -3.78. The van der Waals surface area contributed by atoms with Crippen molar-refractivity contribution in [3.8, 4) is 11.5 Å². The first-order chi connectivity index (χ1) is 16.0. The molecule has 1 aromatic heterocycles. The number of rotatable bonds is 8. The van der Waals surface area contributed by atoms with E-state index in [9.17, 15) is 4.79 Å². The smallest absolute Gasteiger partial charge is 0.338 e. The van der Waals surface area contributed by atoms with Crippen LogP contribution in [0.2, 0.25) is 5.02 Å². The summed E-state index contributed by atoms with van der Waals surface area (Å²) < 4.78 is 18.5. The average molecular weight is 467 g/mol. The van der Waals surface area contributed by atoms with Crippen LogP contribution in [0, 0.1) is 0 Å². The van der Waals surface area contributed by atoms with Gasteiger partial charge in [0, 0.05) is 16.3 Å². The zero-order valence-corrected chi connectivity index (χ0v) is 19.0. The Bertz CT molecular complexity index is 1220. The predicted molar refractivity (Wildman–Crippen MR) is 124 cm³/mol. The molecular weight excluding hydrogens is 444 g/mol. The lowest BCUT2D eigenvalue weighted by atomic mass is 9.95. The van der Waals surface area contributed by atoms with Gasteiger partial charge in [0.25, 0.3) is 0 Å². The number of hydrogen-bond donors (Lipinski definition) is 1. The summed E-state index contributed by atoms with van der Waals surface area (Å²) in [7, 11) is 1.56. The fourth-order valence-corrected chi connectivity index (χ4v) is 3.81. The number of ether oxygens (including phenoxy) is 3. The number of allylic oxidation sites excluding steroid dienone is 1. The molecule has 0 bridgehead atoms. The summed E-state index contributed by atoms with van der Waals surface area (Å²) in [6, 6.07) is 12.4. The molecule has 8 nitrogen and oxygen atoms in total. The second kappa shape index (κ2) is 9.79. The number of esters is 1. The van der Waals surface area contributed by atoms with E-state index < -0.39 is 12.0 Å². The number of aromatic nitrogens is 3. The van der Waals surface area contributed by atoms with Crippen LogP contribution >= 0.6 is 11.6 Å². The Morgan fingerprint density at radius 1 is 1.27 bits per heavy atom. The zero-order chi connectivity index (χ0) is 23.4. The third-order valence-electron chi connectivity index (χ3n) is 5.19. The summed E-state index contributed by atoms with van der Waals surface area (Å²) in [4.78, 5) is 17.1. The van der Waals surface area contributed by atoms with Crippen LogP contribution in [0.4, 0.5) is 5.95 Å². The van der Waals surface area contributed by atoms with Gasteiger partial charge in [0.05, 0.1) is 12.7 Å². The van der Waals surface area contributed by atoms with Crippen LogP contribution in [0.1, 0.15) is 24.1 Å². The number of hydrogen-bond acceptors (Lipinski definition) is 7. The number of carbonyl (C=O) groups excluding carboxylic acids is 1. The Morgan fingerprint density at radius 2 is 2.09 bits per heavy atom. The first-order valence-corrected chi connectivity index (χ1v) is 10.6. The van der Waals surface area contributed by atoms with E-state index in [0.717, 1.165) is 11.1 Å². The van der Waals surface area contributed by atoms with Crippen molar-refractivity contribution < 1.29 is 19.0 Å². The zero-order valence-electron chi connectivity index (χ0n) is 18.2. The van der Waals surface area contributed by atoms with Crippen molar-refractivity contribution in [3.05, 3.63) is 88.9 Å². The van der Waals surface area contributed by atoms with Crippen molar-refractivity contribution in [1.29, 1.82) is 0 Å². The Balaban J connectivity index is 1.68. The summed E-state index contributed by atoms with van der Waals surface area (Å²) in [5.74, 6) is 1.11. The van der Waals surface area contributed by atoms with Crippen LogP contribution < -0.4 is 14.8 Å². The maximum Gasteiger partial charge on any atom is 0.338 e. The van der Waals surface area contributed by atoms with Gasteiger partial charge in [-0.2, -0.15) is 10.1 Å². The molecule has 1 atom stereocenters. The van der Waals surface area contributed by atoms with Crippen molar-refractivity contribution in [2.75, 3.05) is 19.0 Å². The standard InChI is InChI=1S/C24H23ClN4O4/c1-4-11-32-23(30)21-15(2)28-24-26-14-27-29(24)22(21)16-9-10-19(20(12-16)31-3)33-13-17-7-5-6-8-18(17)25/h4-10,12,14,22H,1,11,13H2,2-3H3,(H,26,27,28). The van der Waals surface area contributed by atoms with Crippen LogP contribution in [0.15, 0.2) is 72.7 Å². The molecule has 0 fully saturated rings. The molecule has 0 aliphatic carbocycles. The Morgan fingerprint density at radius 3 is 2.85 bits per heavy atom. The summed E-state index contributed by atoms with van der Waals surface area (Å²) in [6.45, 7) is 5.79. The molecule has 170 valence electrons. The average Bonchev–Trinajstić information content (AvgIpc) is 3.29. The molecule has 0 radical (unpaired) electrons. The molecule has 0 saturated carbocycles. The predicted octanol–water partition coefficient (Wildman–Crippen LogP) is 4.54. The molecule has 1 unspecified atom stereocenters. The van der Waals surface area contributed by atoms with E-state index in [1.807, 2.05) is 36.4 Å². The highest BCUT2D eigenvalue weighted by Crippen LogP contribution is 2.39. The lowest BCUT2D eigenvalue weighted by molar-refractivity contribution is -0.138. The quantitative estimate of drug-likeness (QED) is 0.385. The van der Waals surface area contributed by atoms with Gasteiger partial charge in [0.1, 0.15) is 25.6 Å². The Kier molecular flexibility index (Phi) is 6.65. The third kappa shape index (κ3) is 4.56. The van der Waals surface area contributed by atoms with Gasteiger partial charge in [-0.1, -0.05) is 48.5 Å². The van der Waals surface area contributed by atoms with Crippen molar-refractivity contribution in [3.63, 3.8) is 0 Å². The van der Waals surface area contributed by atoms with Crippen LogP contribution in [0.25, 0.3) is 0 Å². The lowest BCUT2D eigenvalue weighted by Gasteiger charge is -2.28. The molecule has 1 N–H and O–H groups in total. The molecule has 9 heteroatoms. The number of nitrogens with zero attached hydrogens (tertiary/aromatic N) is 3. The number of fused-ring (bicyclic) bond motifs is 1. The van der Waals surface area contributed by atoms with Gasteiger partial charge in [0.2, 0.25) is 5.95 Å². The number of nitrogens with one attached hydrogen (secondary N) is 1. The highest BCUT2D eigenvalue weighted by Gasteiger charge is 2.34. The number of carbonyl (C=O) groups is 1. The topological polar surface area (TPSA) is 87.5 Å². The molecule has 3 aromatic rings. The highest BCUT2D eigenvalue weighted by atomic mass is 35.5. The van der Waals surface area contributed by atoms with E-state index >= 15 is 0 Å². The minimum Gasteiger partial charge on any atom is -0.493 e. The van der Waals surface area contributed by atoms with E-state index in [-0.39, 0.29) is 13.2 Å². The van der Waals surface area contributed by atoms with Crippen LogP contribution in [0.3, 0.4) is 0 Å². The van der Waals surface area contributed by atoms with Crippen molar-refractivity contribution in [2.24, 2.45) is 0 Å².